The van der Waals surface area contributed by atoms with Crippen molar-refractivity contribution >= 4 is 16.1 Å². The van der Waals surface area contributed by atoms with Gasteiger partial charge in [0, 0.05) is 0 Å². The van der Waals surface area contributed by atoms with Gasteiger partial charge in [-0.3, -0.25) is 8.98 Å². The van der Waals surface area contributed by atoms with Crippen LogP contribution in [0.3, 0.4) is 0 Å². The summed E-state index contributed by atoms with van der Waals surface area (Å²) >= 11 is 0. The fraction of sp³-hybridized carbons (Fsp3) is 0.889. The minimum absolute atomic E-state index is 0.101. The molecular formula is C9H16O5S. The van der Waals surface area contributed by atoms with Gasteiger partial charge >= 0.3 is 5.97 Å². The number of esters is 1. The largest absolute Gasteiger partial charge is 0.469 e. The Morgan fingerprint density at radius 3 is 2.40 bits per heavy atom. The summed E-state index contributed by atoms with van der Waals surface area (Å²) in [6, 6.07) is 0. The van der Waals surface area contributed by atoms with E-state index in [-0.39, 0.29) is 23.9 Å². The topological polar surface area (TPSA) is 69.7 Å². The van der Waals surface area contributed by atoms with Crippen LogP contribution >= 0.6 is 0 Å². The molecule has 0 aromatic heterocycles. The van der Waals surface area contributed by atoms with Crippen molar-refractivity contribution in [1.29, 1.82) is 0 Å². The van der Waals surface area contributed by atoms with Gasteiger partial charge in [-0.25, -0.2) is 0 Å². The molecule has 0 aromatic rings. The minimum Gasteiger partial charge on any atom is -0.469 e. The highest BCUT2D eigenvalue weighted by Gasteiger charge is 2.38. The maximum absolute atomic E-state index is 11.3. The van der Waals surface area contributed by atoms with E-state index in [1.165, 1.54) is 7.11 Å². The van der Waals surface area contributed by atoms with Crippen LogP contribution < -0.4 is 0 Å². The van der Waals surface area contributed by atoms with E-state index in [0.717, 1.165) is 6.26 Å². The molecule has 88 valence electrons. The van der Waals surface area contributed by atoms with E-state index in [9.17, 15) is 13.2 Å². The zero-order chi connectivity index (χ0) is 11.6. The van der Waals surface area contributed by atoms with Gasteiger partial charge < -0.3 is 4.74 Å². The first-order valence-electron chi connectivity index (χ1n) is 4.79. The van der Waals surface area contributed by atoms with Crippen LogP contribution in [0.5, 0.6) is 0 Å². The summed E-state index contributed by atoms with van der Waals surface area (Å²) in [5.41, 5.74) is 0. The Morgan fingerprint density at radius 1 is 1.33 bits per heavy atom. The van der Waals surface area contributed by atoms with Crippen LogP contribution in [-0.4, -0.2) is 33.9 Å². The first-order valence-corrected chi connectivity index (χ1v) is 6.61. The third kappa shape index (κ3) is 3.46. The summed E-state index contributed by atoms with van der Waals surface area (Å²) in [6.07, 6.45) is 1.62. The highest BCUT2D eigenvalue weighted by Crippen LogP contribution is 2.34. The van der Waals surface area contributed by atoms with Crippen LogP contribution in [0.15, 0.2) is 0 Å². The number of hydrogen-bond acceptors (Lipinski definition) is 5. The van der Waals surface area contributed by atoms with Crippen molar-refractivity contribution in [2.24, 2.45) is 11.8 Å². The van der Waals surface area contributed by atoms with Gasteiger partial charge in [0.25, 0.3) is 10.1 Å². The van der Waals surface area contributed by atoms with Crippen LogP contribution in [-0.2, 0) is 23.8 Å². The second-order valence-electron chi connectivity index (χ2n) is 4.00. The Balaban J connectivity index is 2.60. The maximum atomic E-state index is 11.3. The van der Waals surface area contributed by atoms with Gasteiger partial charge in [0.1, 0.15) is 0 Å². The zero-order valence-corrected chi connectivity index (χ0v) is 9.91. The Morgan fingerprint density at radius 2 is 1.93 bits per heavy atom. The number of hydrogen-bond donors (Lipinski definition) is 0. The molecule has 6 heteroatoms. The standard InChI is InChI=1S/C9H16O5S/c1-6-4-7(14-15(3,11)12)5-8(6)9(10)13-2/h6-8H,4-5H2,1-3H3/t6-,7+,8+/m1/s1. The highest BCUT2D eigenvalue weighted by molar-refractivity contribution is 7.86. The molecule has 1 saturated carbocycles. The van der Waals surface area contributed by atoms with Crippen LogP contribution in [0.2, 0.25) is 0 Å². The second kappa shape index (κ2) is 4.49. The molecule has 3 atom stereocenters. The molecule has 0 aromatic carbocycles. The summed E-state index contributed by atoms with van der Waals surface area (Å²) in [6.45, 7) is 1.90. The number of carbonyl (C=O) groups excluding carboxylic acids is 1. The predicted octanol–water partition coefficient (Wildman–Crippen LogP) is 0.550. The molecule has 0 radical (unpaired) electrons. The summed E-state index contributed by atoms with van der Waals surface area (Å²) in [5, 5.41) is 0. The molecule has 0 N–H and O–H groups in total. The van der Waals surface area contributed by atoms with Crippen LogP contribution in [0, 0.1) is 11.8 Å². The molecular weight excluding hydrogens is 220 g/mol. The van der Waals surface area contributed by atoms with E-state index >= 15 is 0 Å². The quantitative estimate of drug-likeness (QED) is 0.528. The van der Waals surface area contributed by atoms with Gasteiger partial charge in [-0.15, -0.1) is 0 Å². The van der Waals surface area contributed by atoms with Crippen LogP contribution in [0.1, 0.15) is 19.8 Å². The summed E-state index contributed by atoms with van der Waals surface area (Å²) in [7, 11) is -2.11. The molecule has 5 nitrogen and oxygen atoms in total. The number of rotatable bonds is 3. The van der Waals surface area contributed by atoms with Gasteiger partial charge in [-0.2, -0.15) is 8.42 Å². The minimum atomic E-state index is -3.44. The predicted molar refractivity (Wildman–Crippen MR) is 53.6 cm³/mol. The number of methoxy groups -OCH3 is 1. The molecule has 1 fully saturated rings. The summed E-state index contributed by atoms with van der Waals surface area (Å²) < 4.78 is 31.3. The fourth-order valence-corrected chi connectivity index (χ4v) is 2.65. The van der Waals surface area contributed by atoms with E-state index in [0.29, 0.717) is 12.8 Å². The molecule has 0 saturated heterocycles. The van der Waals surface area contributed by atoms with Gasteiger partial charge in [-0.05, 0) is 18.8 Å². The van der Waals surface area contributed by atoms with Crippen molar-refractivity contribution in [1.82, 2.24) is 0 Å². The first-order chi connectivity index (χ1) is 6.83. The molecule has 0 bridgehead atoms. The lowest BCUT2D eigenvalue weighted by Crippen LogP contribution is -2.19. The molecule has 0 spiro atoms. The average molecular weight is 236 g/mol. The van der Waals surface area contributed by atoms with Gasteiger partial charge in [0.15, 0.2) is 0 Å². The fourth-order valence-electron chi connectivity index (χ4n) is 2.00. The van der Waals surface area contributed by atoms with Gasteiger partial charge in [0.05, 0.1) is 25.4 Å². The van der Waals surface area contributed by atoms with Gasteiger partial charge in [0.2, 0.25) is 0 Å². The summed E-state index contributed by atoms with van der Waals surface area (Å²) in [4.78, 5) is 11.3. The summed E-state index contributed by atoms with van der Waals surface area (Å²) in [5.74, 6) is -0.437. The molecule has 0 aliphatic heterocycles. The van der Waals surface area contributed by atoms with Crippen LogP contribution in [0.25, 0.3) is 0 Å². The number of ether oxygens (including phenoxy) is 1. The Labute approximate surface area is 89.9 Å². The Hall–Kier alpha value is -0.620. The van der Waals surface area contributed by atoms with Crippen molar-refractivity contribution in [3.05, 3.63) is 0 Å². The lowest BCUT2D eigenvalue weighted by molar-refractivity contribution is -0.146. The third-order valence-electron chi connectivity index (χ3n) is 2.65. The zero-order valence-electron chi connectivity index (χ0n) is 9.10. The third-order valence-corrected chi connectivity index (χ3v) is 3.27. The molecule has 0 heterocycles. The van der Waals surface area contributed by atoms with E-state index in [4.69, 9.17) is 4.18 Å². The molecule has 15 heavy (non-hydrogen) atoms. The molecule has 1 aliphatic carbocycles. The van der Waals surface area contributed by atoms with Crippen molar-refractivity contribution in [3.63, 3.8) is 0 Å². The lowest BCUT2D eigenvalue weighted by atomic mass is 9.99. The molecule has 1 aliphatic rings. The monoisotopic (exact) mass is 236 g/mol. The van der Waals surface area contributed by atoms with Crippen molar-refractivity contribution in [2.75, 3.05) is 13.4 Å². The molecule has 0 amide bonds. The molecule has 0 unspecified atom stereocenters. The van der Waals surface area contributed by atoms with E-state index in [1.54, 1.807) is 0 Å². The number of carbonyl (C=O) groups is 1. The first kappa shape index (κ1) is 12.4. The maximum Gasteiger partial charge on any atom is 0.309 e. The SMILES string of the molecule is COC(=O)[C@H]1C[C@@H](OS(C)(=O)=O)C[C@H]1C. The van der Waals surface area contributed by atoms with E-state index < -0.39 is 10.1 Å². The van der Waals surface area contributed by atoms with Crippen molar-refractivity contribution in [3.8, 4) is 0 Å². The van der Waals surface area contributed by atoms with Crippen molar-refractivity contribution < 1.29 is 22.1 Å². The van der Waals surface area contributed by atoms with Crippen LogP contribution in [0.4, 0.5) is 0 Å². The normalized spacial score (nSPS) is 31.5. The molecule has 1 rings (SSSR count). The van der Waals surface area contributed by atoms with E-state index in [2.05, 4.69) is 4.74 Å². The van der Waals surface area contributed by atoms with E-state index in [1.807, 2.05) is 6.92 Å². The Bertz CT molecular complexity index is 334. The second-order valence-corrected chi connectivity index (χ2v) is 5.60. The van der Waals surface area contributed by atoms with Gasteiger partial charge in [-0.1, -0.05) is 6.92 Å². The lowest BCUT2D eigenvalue weighted by Gasteiger charge is -2.10. The average Bonchev–Trinajstić information content (AvgIpc) is 2.42. The Kier molecular flexibility index (Phi) is 3.72. The smallest absolute Gasteiger partial charge is 0.309 e. The van der Waals surface area contributed by atoms with Crippen molar-refractivity contribution in [2.45, 2.75) is 25.9 Å². The highest BCUT2D eigenvalue weighted by atomic mass is 32.2.